The molecule has 0 aliphatic rings. The molecule has 2 nitrogen and oxygen atoms in total. The summed E-state index contributed by atoms with van der Waals surface area (Å²) in [4.78, 5) is 4.63. The highest BCUT2D eigenvalue weighted by molar-refractivity contribution is 9.10. The van der Waals surface area contributed by atoms with Crippen LogP contribution in [0.2, 0.25) is 0 Å². The third kappa shape index (κ3) is 13.8. The molecule has 0 aliphatic carbocycles. The Morgan fingerprint density at radius 3 is 0.557 bits per heavy atom. The van der Waals surface area contributed by atoms with Crippen molar-refractivity contribution in [1.29, 1.82) is 0 Å². The second kappa shape index (κ2) is 23.3. The van der Waals surface area contributed by atoms with Crippen molar-refractivity contribution in [3.63, 3.8) is 0 Å². The van der Waals surface area contributed by atoms with E-state index >= 15 is 0 Å². The van der Waals surface area contributed by atoms with Gasteiger partial charge in [-0.2, -0.15) is 0 Å². The van der Waals surface area contributed by atoms with Gasteiger partial charge in [-0.15, -0.1) is 0 Å². The Morgan fingerprint density at radius 2 is 0.367 bits per heavy atom. The van der Waals surface area contributed by atoms with Crippen LogP contribution in [0.25, 0.3) is 44.5 Å². The molecule has 0 radical (unpaired) electrons. The smallest absolute Gasteiger partial charge is 0.0462 e. The number of para-hydroxylation sites is 1. The van der Waals surface area contributed by atoms with Crippen molar-refractivity contribution in [2.45, 2.75) is 105 Å². The standard InChI is InChI=1S/C38H38BrN.C38H39N/c1-37(2,3)31-15-7-27(8-16-31)29-11-21-34(22-12-29)40(36-25-19-33(39)20-26-36)35-23-13-30(14-24-35)28-9-17-32(18-10-28)38(4,5)6;1-37(2,3)32-20-12-28(13-21-32)30-16-24-35(25-17-30)39(34-10-8-7-9-11-34)36-26-18-31(19-27-36)29-14-22-33(23-15-29)38(4,5)6/h7-26H,1-6H3;7-27H,1-6H3. The van der Waals surface area contributed by atoms with Gasteiger partial charge in [0.2, 0.25) is 0 Å². The maximum Gasteiger partial charge on any atom is 0.0462 e. The quantitative estimate of drug-likeness (QED) is 0.135. The van der Waals surface area contributed by atoms with Crippen LogP contribution in [0.5, 0.6) is 0 Å². The van der Waals surface area contributed by atoms with Crippen molar-refractivity contribution in [3.05, 3.63) is 275 Å². The average Bonchev–Trinajstić information content (AvgIpc) is 3.45. The minimum absolute atomic E-state index is 0.152. The zero-order valence-electron chi connectivity index (χ0n) is 48.4. The summed E-state index contributed by atoms with van der Waals surface area (Å²) >= 11 is 3.59. The van der Waals surface area contributed by atoms with Gasteiger partial charge in [-0.25, -0.2) is 0 Å². The number of rotatable bonds is 10. The van der Waals surface area contributed by atoms with Gasteiger partial charge in [-0.1, -0.05) is 263 Å². The molecule has 0 bridgehead atoms. The molecule has 398 valence electrons. The monoisotopic (exact) mass is 1100 g/mol. The topological polar surface area (TPSA) is 6.48 Å². The fraction of sp³-hybridized carbons (Fsp3) is 0.211. The Labute approximate surface area is 481 Å². The molecule has 0 saturated carbocycles. The fourth-order valence-corrected chi connectivity index (χ4v) is 10.2. The Kier molecular flexibility index (Phi) is 16.5. The van der Waals surface area contributed by atoms with Crippen molar-refractivity contribution >= 4 is 50.1 Å². The molecule has 0 amide bonds. The van der Waals surface area contributed by atoms with Gasteiger partial charge in [0.15, 0.2) is 0 Å². The molecule has 3 heteroatoms. The van der Waals surface area contributed by atoms with E-state index in [9.17, 15) is 0 Å². The van der Waals surface area contributed by atoms with E-state index in [1.807, 2.05) is 0 Å². The summed E-state index contributed by atoms with van der Waals surface area (Å²) in [7, 11) is 0. The van der Waals surface area contributed by atoms with Crippen LogP contribution in [-0.2, 0) is 21.7 Å². The van der Waals surface area contributed by atoms with Gasteiger partial charge in [-0.3, -0.25) is 0 Å². The van der Waals surface area contributed by atoms with Crippen molar-refractivity contribution < 1.29 is 0 Å². The van der Waals surface area contributed by atoms with Gasteiger partial charge in [0, 0.05) is 38.6 Å². The Hall–Kier alpha value is -7.72. The van der Waals surface area contributed by atoms with E-state index in [0.29, 0.717) is 0 Å². The lowest BCUT2D eigenvalue weighted by Gasteiger charge is -2.26. The van der Waals surface area contributed by atoms with E-state index in [4.69, 9.17) is 0 Å². The molecule has 0 spiro atoms. The molecule has 0 aliphatic heterocycles. The van der Waals surface area contributed by atoms with Crippen LogP contribution in [0.1, 0.15) is 105 Å². The van der Waals surface area contributed by atoms with Gasteiger partial charge in [0.1, 0.15) is 0 Å². The first-order valence-corrected chi connectivity index (χ1v) is 28.6. The molecule has 0 N–H and O–H groups in total. The van der Waals surface area contributed by atoms with E-state index in [0.717, 1.165) is 38.6 Å². The molecular formula is C76H77BrN2. The molecule has 10 rings (SSSR count). The van der Waals surface area contributed by atoms with Gasteiger partial charge in [0.05, 0.1) is 0 Å². The van der Waals surface area contributed by atoms with Crippen LogP contribution in [-0.4, -0.2) is 0 Å². The lowest BCUT2D eigenvalue weighted by molar-refractivity contribution is 0.590. The minimum atomic E-state index is 0.152. The van der Waals surface area contributed by atoms with Gasteiger partial charge in [0.25, 0.3) is 0 Å². The summed E-state index contributed by atoms with van der Waals surface area (Å²) in [5, 5.41) is 0. The lowest BCUT2D eigenvalue weighted by atomic mass is 9.86. The number of halogens is 1. The van der Waals surface area contributed by atoms with E-state index < -0.39 is 0 Å². The normalized spacial score (nSPS) is 11.9. The zero-order chi connectivity index (χ0) is 56.1. The SMILES string of the molecule is CC(C)(C)c1ccc(-c2ccc(N(c3ccc(Br)cc3)c3ccc(-c4ccc(C(C)(C)C)cc4)cc3)cc2)cc1.CC(C)(C)c1ccc(-c2ccc(N(c3ccccc3)c3ccc(-c4ccc(C(C)(C)C)cc4)cc3)cc2)cc1. The van der Waals surface area contributed by atoms with Crippen LogP contribution in [0.15, 0.2) is 253 Å². The summed E-state index contributed by atoms with van der Waals surface area (Å²) in [5.41, 5.74) is 22.6. The van der Waals surface area contributed by atoms with E-state index in [1.54, 1.807) is 0 Å². The first-order valence-electron chi connectivity index (χ1n) is 27.8. The first-order chi connectivity index (χ1) is 37.6. The number of hydrogen-bond acceptors (Lipinski definition) is 2. The maximum atomic E-state index is 3.59. The molecule has 0 atom stereocenters. The number of nitrogens with zero attached hydrogens (tertiary/aromatic N) is 2. The van der Waals surface area contributed by atoms with E-state index in [-0.39, 0.29) is 21.7 Å². The van der Waals surface area contributed by atoms with Gasteiger partial charge in [-0.05, 0) is 173 Å². The first kappa shape index (κ1) is 56.0. The highest BCUT2D eigenvalue weighted by Gasteiger charge is 2.19. The van der Waals surface area contributed by atoms with Crippen molar-refractivity contribution in [2.24, 2.45) is 0 Å². The number of anilines is 6. The summed E-state index contributed by atoms with van der Waals surface area (Å²) in [6.45, 7) is 27.0. The molecule has 0 heterocycles. The Bertz CT molecular complexity index is 3330. The van der Waals surface area contributed by atoms with Crippen LogP contribution < -0.4 is 9.80 Å². The van der Waals surface area contributed by atoms with Gasteiger partial charge >= 0.3 is 0 Å². The van der Waals surface area contributed by atoms with Crippen molar-refractivity contribution in [2.75, 3.05) is 9.80 Å². The molecule has 0 saturated heterocycles. The second-order valence-electron chi connectivity index (χ2n) is 25.0. The molecule has 79 heavy (non-hydrogen) atoms. The zero-order valence-corrected chi connectivity index (χ0v) is 50.0. The Morgan fingerprint density at radius 1 is 0.203 bits per heavy atom. The highest BCUT2D eigenvalue weighted by atomic mass is 79.9. The minimum Gasteiger partial charge on any atom is -0.311 e. The predicted molar refractivity (Wildman–Crippen MR) is 346 cm³/mol. The third-order valence-corrected chi connectivity index (χ3v) is 15.5. The molecule has 0 fully saturated rings. The van der Waals surface area contributed by atoms with Crippen LogP contribution in [0.3, 0.4) is 0 Å². The highest BCUT2D eigenvalue weighted by Crippen LogP contribution is 2.40. The largest absolute Gasteiger partial charge is 0.311 e. The van der Waals surface area contributed by atoms with Crippen molar-refractivity contribution in [3.8, 4) is 44.5 Å². The van der Waals surface area contributed by atoms with E-state index in [1.165, 1.54) is 66.8 Å². The molecule has 10 aromatic carbocycles. The molecule has 0 unspecified atom stereocenters. The Balaban J connectivity index is 0.000000192. The summed E-state index contributed by atoms with van der Waals surface area (Å²) in [6, 6.07) is 90.5. The van der Waals surface area contributed by atoms with Gasteiger partial charge < -0.3 is 9.80 Å². The average molecular weight is 1100 g/mol. The van der Waals surface area contributed by atoms with Crippen molar-refractivity contribution in [1.82, 2.24) is 0 Å². The third-order valence-electron chi connectivity index (χ3n) is 14.9. The second-order valence-corrected chi connectivity index (χ2v) is 25.9. The van der Waals surface area contributed by atoms with Crippen LogP contribution in [0.4, 0.5) is 34.1 Å². The molecular weight excluding hydrogens is 1020 g/mol. The summed E-state index contributed by atoms with van der Waals surface area (Å²) < 4.78 is 1.07. The predicted octanol–water partition coefficient (Wildman–Crippen LogP) is 22.9. The maximum absolute atomic E-state index is 3.59. The summed E-state index contributed by atoms with van der Waals surface area (Å²) in [5.74, 6) is 0. The number of hydrogen-bond donors (Lipinski definition) is 0. The van der Waals surface area contributed by atoms with E-state index in [2.05, 4.69) is 358 Å². The van der Waals surface area contributed by atoms with Crippen LogP contribution >= 0.6 is 15.9 Å². The number of benzene rings is 10. The van der Waals surface area contributed by atoms with Crippen LogP contribution in [0, 0.1) is 0 Å². The summed E-state index contributed by atoms with van der Waals surface area (Å²) in [6.07, 6.45) is 0. The lowest BCUT2D eigenvalue weighted by Crippen LogP contribution is -2.10. The fourth-order valence-electron chi connectivity index (χ4n) is 9.92. The molecule has 0 aromatic heterocycles. The molecule has 10 aromatic rings.